The van der Waals surface area contributed by atoms with Crippen molar-refractivity contribution in [1.82, 2.24) is 0 Å². The number of hydrogen-bond acceptors (Lipinski definition) is 4. The van der Waals surface area contributed by atoms with E-state index in [1.807, 2.05) is 60.3 Å². The van der Waals surface area contributed by atoms with Crippen LogP contribution in [0.4, 0.5) is 5.69 Å². The van der Waals surface area contributed by atoms with Crippen LogP contribution < -0.4 is 10.3 Å². The lowest BCUT2D eigenvalue weighted by molar-refractivity contribution is -0.597. The minimum atomic E-state index is -0.0348. The van der Waals surface area contributed by atoms with Crippen LogP contribution in [-0.2, 0) is 0 Å². The number of aryl methyl sites for hydroxylation is 1. The van der Waals surface area contributed by atoms with Gasteiger partial charge in [-0.05, 0) is 43.0 Å². The number of pyridine rings is 1. The van der Waals surface area contributed by atoms with Crippen molar-refractivity contribution in [2.24, 2.45) is 0 Å². The van der Waals surface area contributed by atoms with Crippen LogP contribution in [0.2, 0.25) is 0 Å². The Bertz CT molecular complexity index is 920. The van der Waals surface area contributed by atoms with E-state index in [2.05, 4.69) is 22.9 Å². The Morgan fingerprint density at radius 1 is 1.28 bits per heavy atom. The fourth-order valence-corrected chi connectivity index (χ4v) is 5.15. The van der Waals surface area contributed by atoms with E-state index in [9.17, 15) is 4.79 Å². The van der Waals surface area contributed by atoms with Gasteiger partial charge in [0, 0.05) is 21.7 Å². The molecule has 0 spiro atoms. The van der Waals surface area contributed by atoms with Gasteiger partial charge in [-0.25, -0.2) is 0 Å². The molecular formula is C19H18BrN2OS2+. The molecule has 25 heavy (non-hydrogen) atoms. The number of thiophene rings is 1. The number of thioether (sulfide) groups is 1. The maximum absolute atomic E-state index is 12.9. The van der Waals surface area contributed by atoms with Gasteiger partial charge in [-0.2, -0.15) is 4.57 Å². The smallest absolute Gasteiger partial charge is 0.259 e. The molecule has 0 radical (unpaired) electrons. The first-order valence-electron chi connectivity index (χ1n) is 7.85. The Kier molecular flexibility index (Phi) is 5.61. The molecule has 0 aliphatic carbocycles. The summed E-state index contributed by atoms with van der Waals surface area (Å²) in [5.41, 5.74) is 9.66. The van der Waals surface area contributed by atoms with Gasteiger partial charge < -0.3 is 5.73 Å². The first-order chi connectivity index (χ1) is 12.0. The average molecular weight is 434 g/mol. The number of benzene rings is 1. The number of anilines is 1. The van der Waals surface area contributed by atoms with Gasteiger partial charge in [0.15, 0.2) is 12.4 Å². The van der Waals surface area contributed by atoms with E-state index < -0.39 is 0 Å². The summed E-state index contributed by atoms with van der Waals surface area (Å²) in [6, 6.07) is 11.4. The molecule has 3 aromatic rings. The maximum atomic E-state index is 12.9. The van der Waals surface area contributed by atoms with E-state index >= 15 is 0 Å². The van der Waals surface area contributed by atoms with Crippen LogP contribution in [-0.4, -0.2) is 11.5 Å². The molecule has 0 unspecified atom stereocenters. The standard InChI is InChI=1S/C19H17BrN2OS2/c1-3-24-19-16(22-10-4-5-12(2)11-22)15(21)18(25-19)17(23)13-6-8-14(20)9-7-13/h4-11H,3H2,1-2H3,(H-,21,23)/p+1. The van der Waals surface area contributed by atoms with Crippen LogP contribution in [0.5, 0.6) is 0 Å². The van der Waals surface area contributed by atoms with E-state index in [4.69, 9.17) is 5.73 Å². The van der Waals surface area contributed by atoms with E-state index in [-0.39, 0.29) is 5.78 Å². The first-order valence-corrected chi connectivity index (χ1v) is 10.4. The highest BCUT2D eigenvalue weighted by Crippen LogP contribution is 2.39. The van der Waals surface area contributed by atoms with Gasteiger partial charge in [0.1, 0.15) is 14.8 Å². The Labute approximate surface area is 164 Å². The highest BCUT2D eigenvalue weighted by Gasteiger charge is 2.28. The molecule has 2 heterocycles. The zero-order valence-corrected chi connectivity index (χ0v) is 17.2. The minimum Gasteiger partial charge on any atom is -0.392 e. The molecule has 0 bridgehead atoms. The lowest BCUT2D eigenvalue weighted by atomic mass is 10.1. The summed E-state index contributed by atoms with van der Waals surface area (Å²) in [5, 5.41) is 0. The topological polar surface area (TPSA) is 47.0 Å². The molecule has 128 valence electrons. The number of nitrogens with two attached hydrogens (primary N) is 1. The zero-order chi connectivity index (χ0) is 18.0. The van der Waals surface area contributed by atoms with E-state index in [1.54, 1.807) is 11.8 Å². The molecule has 0 fully saturated rings. The number of hydrogen-bond donors (Lipinski definition) is 1. The van der Waals surface area contributed by atoms with Crippen LogP contribution >= 0.6 is 39.0 Å². The van der Waals surface area contributed by atoms with Crippen molar-refractivity contribution in [3.05, 3.63) is 69.3 Å². The third-order valence-corrected chi connectivity index (χ3v) is 6.55. The highest BCUT2D eigenvalue weighted by atomic mass is 79.9. The van der Waals surface area contributed by atoms with Crippen LogP contribution in [0, 0.1) is 6.92 Å². The van der Waals surface area contributed by atoms with Crippen molar-refractivity contribution in [2.75, 3.05) is 11.5 Å². The van der Waals surface area contributed by atoms with Crippen LogP contribution in [0.1, 0.15) is 27.7 Å². The molecular weight excluding hydrogens is 416 g/mol. The lowest BCUT2D eigenvalue weighted by Gasteiger charge is -2.01. The largest absolute Gasteiger partial charge is 0.392 e. The van der Waals surface area contributed by atoms with Gasteiger partial charge >= 0.3 is 0 Å². The van der Waals surface area contributed by atoms with E-state index in [1.165, 1.54) is 11.3 Å². The summed E-state index contributed by atoms with van der Waals surface area (Å²) in [5.74, 6) is 0.887. The third kappa shape index (κ3) is 3.81. The molecule has 3 nitrogen and oxygen atoms in total. The predicted octanol–water partition coefficient (Wildman–Crippen LogP) is 5.02. The fraction of sp³-hybridized carbons (Fsp3) is 0.158. The second kappa shape index (κ2) is 7.72. The highest BCUT2D eigenvalue weighted by molar-refractivity contribution is 9.10. The van der Waals surface area contributed by atoms with Crippen molar-refractivity contribution in [3.8, 4) is 5.69 Å². The molecule has 3 rings (SSSR count). The van der Waals surface area contributed by atoms with Gasteiger partial charge in [-0.15, -0.1) is 23.1 Å². The van der Waals surface area contributed by atoms with Crippen LogP contribution in [0.3, 0.4) is 0 Å². The fourth-order valence-electron chi connectivity index (χ4n) is 2.52. The molecule has 0 aliphatic rings. The number of halogens is 1. The summed E-state index contributed by atoms with van der Waals surface area (Å²) in [6.07, 6.45) is 4.00. The summed E-state index contributed by atoms with van der Waals surface area (Å²) in [4.78, 5) is 13.5. The van der Waals surface area contributed by atoms with Crippen molar-refractivity contribution in [2.45, 2.75) is 18.1 Å². The Balaban J connectivity index is 2.11. The third-order valence-electron chi connectivity index (χ3n) is 3.68. The Morgan fingerprint density at radius 3 is 2.64 bits per heavy atom. The SMILES string of the molecule is CCSc1sc(C(=O)c2ccc(Br)cc2)c(N)c1-[n+]1cccc(C)c1. The molecule has 0 atom stereocenters. The Morgan fingerprint density at radius 2 is 2.00 bits per heavy atom. The molecule has 2 aromatic heterocycles. The van der Waals surface area contributed by atoms with E-state index in [0.717, 1.165) is 25.7 Å². The molecule has 0 amide bonds. The summed E-state index contributed by atoms with van der Waals surface area (Å²) >= 11 is 6.58. The van der Waals surface area contributed by atoms with Gasteiger partial charge in [0.2, 0.25) is 5.78 Å². The zero-order valence-electron chi connectivity index (χ0n) is 14.0. The van der Waals surface area contributed by atoms with Crippen molar-refractivity contribution in [3.63, 3.8) is 0 Å². The van der Waals surface area contributed by atoms with Gasteiger partial charge in [0.05, 0.1) is 0 Å². The molecule has 0 saturated carbocycles. The molecule has 6 heteroatoms. The number of rotatable bonds is 5. The maximum Gasteiger partial charge on any atom is 0.259 e. The number of carbonyl (C=O) groups is 1. The van der Waals surface area contributed by atoms with Gasteiger partial charge in [-0.1, -0.05) is 22.9 Å². The van der Waals surface area contributed by atoms with Crippen molar-refractivity contribution >= 4 is 50.5 Å². The number of nitrogens with zero attached hydrogens (tertiary/aromatic N) is 1. The Hall–Kier alpha value is -1.63. The second-order valence-electron chi connectivity index (χ2n) is 5.54. The molecule has 1 aromatic carbocycles. The second-order valence-corrected chi connectivity index (χ2v) is 9.01. The average Bonchev–Trinajstić information content (AvgIpc) is 2.91. The predicted molar refractivity (Wildman–Crippen MR) is 109 cm³/mol. The number of ketones is 1. The van der Waals surface area contributed by atoms with Crippen LogP contribution in [0.25, 0.3) is 5.69 Å². The molecule has 0 saturated heterocycles. The van der Waals surface area contributed by atoms with E-state index in [0.29, 0.717) is 16.1 Å². The number of carbonyl (C=O) groups excluding carboxylic acids is 1. The summed E-state index contributed by atoms with van der Waals surface area (Å²) < 4.78 is 4.02. The molecule has 2 N–H and O–H groups in total. The molecule has 0 aliphatic heterocycles. The normalized spacial score (nSPS) is 10.8. The summed E-state index contributed by atoms with van der Waals surface area (Å²) in [7, 11) is 0. The quantitative estimate of drug-likeness (QED) is 0.349. The van der Waals surface area contributed by atoms with Crippen molar-refractivity contribution < 1.29 is 9.36 Å². The lowest BCUT2D eigenvalue weighted by Crippen LogP contribution is -2.31. The van der Waals surface area contributed by atoms with Crippen molar-refractivity contribution in [1.29, 1.82) is 0 Å². The van der Waals surface area contributed by atoms with Gasteiger partial charge in [-0.3, -0.25) is 4.79 Å². The van der Waals surface area contributed by atoms with Gasteiger partial charge in [0.25, 0.3) is 5.69 Å². The monoisotopic (exact) mass is 433 g/mol. The minimum absolute atomic E-state index is 0.0348. The number of aromatic nitrogens is 1. The number of nitrogen functional groups attached to an aromatic ring is 1. The van der Waals surface area contributed by atoms with Crippen LogP contribution in [0.15, 0.2) is 57.5 Å². The first kappa shape index (κ1) is 18.2. The summed E-state index contributed by atoms with van der Waals surface area (Å²) in [6.45, 7) is 4.14.